The lowest BCUT2D eigenvalue weighted by molar-refractivity contribution is 0.158. The molecule has 0 aromatic carbocycles. The maximum absolute atomic E-state index is 5.40. The van der Waals surface area contributed by atoms with Crippen LogP contribution < -0.4 is 0 Å². The number of ether oxygens (including phenoxy) is 2. The summed E-state index contributed by atoms with van der Waals surface area (Å²) in [7, 11) is 3.56. The van der Waals surface area contributed by atoms with E-state index >= 15 is 0 Å². The molecule has 96 valence electrons. The fourth-order valence-electron chi connectivity index (χ4n) is 3.32. The van der Waals surface area contributed by atoms with Crippen molar-refractivity contribution >= 4 is 0 Å². The van der Waals surface area contributed by atoms with Crippen molar-refractivity contribution in [3.8, 4) is 0 Å². The van der Waals surface area contributed by atoms with Crippen LogP contribution in [-0.4, -0.2) is 27.4 Å². The maximum atomic E-state index is 5.40. The summed E-state index contributed by atoms with van der Waals surface area (Å²) < 4.78 is 10.7. The summed E-state index contributed by atoms with van der Waals surface area (Å²) in [6.07, 6.45) is 5.01. The molecule has 0 fully saturated rings. The van der Waals surface area contributed by atoms with E-state index < -0.39 is 0 Å². The summed E-state index contributed by atoms with van der Waals surface area (Å²) in [6, 6.07) is 0. The topological polar surface area (TPSA) is 18.5 Å². The van der Waals surface area contributed by atoms with Crippen LogP contribution in [0.5, 0.6) is 0 Å². The molecule has 0 aromatic heterocycles. The first-order valence-corrected chi connectivity index (χ1v) is 6.61. The van der Waals surface area contributed by atoms with Gasteiger partial charge in [0, 0.05) is 20.1 Å². The van der Waals surface area contributed by atoms with E-state index in [1.807, 2.05) is 0 Å². The van der Waals surface area contributed by atoms with Crippen molar-refractivity contribution in [3.05, 3.63) is 22.8 Å². The average Bonchev–Trinajstić information content (AvgIpc) is 2.66. The molecule has 2 nitrogen and oxygen atoms in total. The van der Waals surface area contributed by atoms with Crippen molar-refractivity contribution in [1.29, 1.82) is 0 Å². The van der Waals surface area contributed by atoms with E-state index in [9.17, 15) is 0 Å². The summed E-state index contributed by atoms with van der Waals surface area (Å²) in [5, 5.41) is 0. The zero-order valence-electron chi connectivity index (χ0n) is 11.5. The van der Waals surface area contributed by atoms with Crippen molar-refractivity contribution in [1.82, 2.24) is 0 Å². The van der Waals surface area contributed by atoms with E-state index in [1.54, 1.807) is 25.4 Å². The van der Waals surface area contributed by atoms with Gasteiger partial charge in [0.05, 0.1) is 13.2 Å². The second-order valence-corrected chi connectivity index (χ2v) is 5.45. The molecule has 0 aromatic rings. The molecule has 2 aliphatic rings. The van der Waals surface area contributed by atoms with Crippen LogP contribution in [0.1, 0.15) is 26.7 Å². The normalized spacial score (nSPS) is 32.7. The molecular formula is C15H24O2. The Morgan fingerprint density at radius 3 is 2.47 bits per heavy atom. The second-order valence-electron chi connectivity index (χ2n) is 5.45. The van der Waals surface area contributed by atoms with E-state index in [0.29, 0.717) is 17.8 Å². The molecule has 2 rings (SSSR count). The van der Waals surface area contributed by atoms with Gasteiger partial charge in [-0.15, -0.1) is 0 Å². The third-order valence-corrected chi connectivity index (χ3v) is 4.24. The first kappa shape index (κ1) is 12.8. The van der Waals surface area contributed by atoms with Crippen molar-refractivity contribution in [2.45, 2.75) is 26.7 Å². The van der Waals surface area contributed by atoms with Gasteiger partial charge in [-0.2, -0.15) is 0 Å². The number of allylic oxidation sites excluding steroid dienone is 2. The van der Waals surface area contributed by atoms with Gasteiger partial charge in [-0.05, 0) is 35.8 Å². The Morgan fingerprint density at radius 2 is 1.82 bits per heavy atom. The van der Waals surface area contributed by atoms with Crippen LogP contribution in [0.2, 0.25) is 0 Å². The molecule has 0 saturated heterocycles. The van der Waals surface area contributed by atoms with Crippen LogP contribution in [0.3, 0.4) is 0 Å². The smallest absolute Gasteiger partial charge is 0.0682 e. The molecule has 0 heterocycles. The van der Waals surface area contributed by atoms with Crippen molar-refractivity contribution in [3.63, 3.8) is 0 Å². The largest absolute Gasteiger partial charge is 0.384 e. The Hall–Kier alpha value is -0.600. The monoisotopic (exact) mass is 236 g/mol. The highest BCUT2D eigenvalue weighted by molar-refractivity contribution is 5.46. The Labute approximate surface area is 105 Å². The Bertz CT molecular complexity index is 341. The van der Waals surface area contributed by atoms with Gasteiger partial charge in [0.15, 0.2) is 0 Å². The summed E-state index contributed by atoms with van der Waals surface area (Å²) in [5.74, 6) is 1.87. The highest BCUT2D eigenvalue weighted by atomic mass is 16.5. The molecule has 2 aliphatic carbocycles. The highest BCUT2D eigenvalue weighted by Gasteiger charge is 2.35. The maximum Gasteiger partial charge on any atom is 0.0682 e. The SMILES string of the molecule is COCC1=CC2=C(C(C)CCC2C)C1COC. The number of methoxy groups -OCH3 is 2. The predicted molar refractivity (Wildman–Crippen MR) is 69.9 cm³/mol. The lowest BCUT2D eigenvalue weighted by Gasteiger charge is -2.30. The van der Waals surface area contributed by atoms with Crippen LogP contribution in [0.4, 0.5) is 0 Å². The Morgan fingerprint density at radius 1 is 1.12 bits per heavy atom. The molecular weight excluding hydrogens is 212 g/mol. The van der Waals surface area contributed by atoms with Gasteiger partial charge in [0.2, 0.25) is 0 Å². The summed E-state index contributed by atoms with van der Waals surface area (Å²) >= 11 is 0. The standard InChI is InChI=1S/C15H24O2/c1-10-5-6-11(2)15-13(10)7-12(8-16-3)14(15)9-17-4/h7,10-11,14H,5-6,8-9H2,1-4H3. The third kappa shape index (κ3) is 2.34. The van der Waals surface area contributed by atoms with Gasteiger partial charge in [0.1, 0.15) is 0 Å². The quantitative estimate of drug-likeness (QED) is 0.746. The third-order valence-electron chi connectivity index (χ3n) is 4.24. The zero-order valence-corrected chi connectivity index (χ0v) is 11.5. The average molecular weight is 236 g/mol. The minimum Gasteiger partial charge on any atom is -0.384 e. The van der Waals surface area contributed by atoms with E-state index in [0.717, 1.165) is 13.2 Å². The van der Waals surface area contributed by atoms with Crippen molar-refractivity contribution in [2.24, 2.45) is 17.8 Å². The molecule has 3 unspecified atom stereocenters. The molecule has 0 aliphatic heterocycles. The molecule has 2 heteroatoms. The Kier molecular flexibility index (Phi) is 4.05. The Balaban J connectivity index is 2.29. The van der Waals surface area contributed by atoms with Crippen molar-refractivity contribution < 1.29 is 9.47 Å². The van der Waals surface area contributed by atoms with Crippen LogP contribution >= 0.6 is 0 Å². The molecule has 3 atom stereocenters. The van der Waals surface area contributed by atoms with Crippen LogP contribution in [0.25, 0.3) is 0 Å². The minimum atomic E-state index is 0.465. The minimum absolute atomic E-state index is 0.465. The fraction of sp³-hybridized carbons (Fsp3) is 0.733. The fourth-order valence-corrected chi connectivity index (χ4v) is 3.32. The molecule has 0 radical (unpaired) electrons. The highest BCUT2D eigenvalue weighted by Crippen LogP contribution is 2.45. The van der Waals surface area contributed by atoms with Gasteiger partial charge in [0.25, 0.3) is 0 Å². The van der Waals surface area contributed by atoms with Gasteiger partial charge in [-0.1, -0.05) is 25.5 Å². The predicted octanol–water partition coefficient (Wildman–Crippen LogP) is 3.20. The zero-order chi connectivity index (χ0) is 12.4. The lowest BCUT2D eigenvalue weighted by Crippen LogP contribution is -2.22. The van der Waals surface area contributed by atoms with Gasteiger partial charge in [-0.3, -0.25) is 0 Å². The van der Waals surface area contributed by atoms with Crippen LogP contribution in [0, 0.1) is 17.8 Å². The van der Waals surface area contributed by atoms with E-state index in [1.165, 1.54) is 18.4 Å². The number of rotatable bonds is 4. The second kappa shape index (κ2) is 5.36. The molecule has 0 amide bonds. The molecule has 0 bridgehead atoms. The summed E-state index contributed by atoms with van der Waals surface area (Å²) in [5.41, 5.74) is 4.59. The summed E-state index contributed by atoms with van der Waals surface area (Å²) in [6.45, 7) is 6.23. The van der Waals surface area contributed by atoms with E-state index in [2.05, 4.69) is 19.9 Å². The van der Waals surface area contributed by atoms with Crippen LogP contribution in [0.15, 0.2) is 22.8 Å². The first-order valence-electron chi connectivity index (χ1n) is 6.61. The molecule has 0 saturated carbocycles. The molecule has 0 spiro atoms. The van der Waals surface area contributed by atoms with E-state index in [4.69, 9.17) is 9.47 Å². The molecule has 17 heavy (non-hydrogen) atoms. The van der Waals surface area contributed by atoms with Crippen LogP contribution in [-0.2, 0) is 9.47 Å². The molecule has 0 N–H and O–H groups in total. The first-order chi connectivity index (χ1) is 8.19. The van der Waals surface area contributed by atoms with Gasteiger partial charge >= 0.3 is 0 Å². The van der Waals surface area contributed by atoms with Crippen molar-refractivity contribution in [2.75, 3.05) is 27.4 Å². The van der Waals surface area contributed by atoms with E-state index in [-0.39, 0.29) is 0 Å². The lowest BCUT2D eigenvalue weighted by atomic mass is 9.76. The summed E-state index contributed by atoms with van der Waals surface area (Å²) in [4.78, 5) is 0. The number of hydrogen-bond acceptors (Lipinski definition) is 2. The number of hydrogen-bond donors (Lipinski definition) is 0. The van der Waals surface area contributed by atoms with Gasteiger partial charge < -0.3 is 9.47 Å². The van der Waals surface area contributed by atoms with Gasteiger partial charge in [-0.25, -0.2) is 0 Å².